The number of aliphatic hydroxyl groups is 2. The quantitative estimate of drug-likeness (QED) is 0.656. The summed E-state index contributed by atoms with van der Waals surface area (Å²) in [6, 6.07) is 7.69. The first kappa shape index (κ1) is 14.8. The van der Waals surface area contributed by atoms with Crippen molar-refractivity contribution < 1.29 is 33.7 Å². The zero-order chi connectivity index (χ0) is 13.6. The lowest BCUT2D eigenvalue weighted by molar-refractivity contribution is 0.0544. The minimum Gasteiger partial charge on any atom is -0.417 e. The van der Waals surface area contributed by atoms with Crippen LogP contribution < -0.4 is 4.74 Å². The van der Waals surface area contributed by atoms with Crippen LogP contribution >= 0.6 is 7.60 Å². The first-order valence-corrected chi connectivity index (χ1v) is 6.57. The third kappa shape index (κ3) is 4.21. The Kier molecular flexibility index (Phi) is 5.46. The molecule has 1 unspecified atom stereocenters. The van der Waals surface area contributed by atoms with Crippen molar-refractivity contribution in [2.45, 2.75) is 6.10 Å². The Labute approximate surface area is 103 Å². The summed E-state index contributed by atoms with van der Waals surface area (Å²) in [6.45, 7) is -1.39. The number of carbonyl (C=O) groups excluding carboxylic acids is 1. The SMILES string of the molecule is O=C(Oc1ccccc1)P(=O)(O)OC(CO)CO. The van der Waals surface area contributed by atoms with Gasteiger partial charge in [0.2, 0.25) is 0 Å². The van der Waals surface area contributed by atoms with Crippen LogP contribution in [0.25, 0.3) is 0 Å². The van der Waals surface area contributed by atoms with E-state index < -0.39 is 32.6 Å². The van der Waals surface area contributed by atoms with Gasteiger partial charge in [0.05, 0.1) is 13.2 Å². The van der Waals surface area contributed by atoms with Gasteiger partial charge in [-0.1, -0.05) is 18.2 Å². The molecule has 1 aromatic carbocycles. The first-order valence-electron chi connectivity index (χ1n) is 5.00. The van der Waals surface area contributed by atoms with Gasteiger partial charge < -0.3 is 19.8 Å². The van der Waals surface area contributed by atoms with Crippen molar-refractivity contribution >= 4 is 13.3 Å². The lowest BCUT2D eigenvalue weighted by atomic mass is 10.3. The molecule has 0 aromatic heterocycles. The summed E-state index contributed by atoms with van der Waals surface area (Å²) in [5.41, 5.74) is -1.47. The molecule has 8 heteroatoms. The van der Waals surface area contributed by atoms with Crippen molar-refractivity contribution in [3.63, 3.8) is 0 Å². The Morgan fingerprint density at radius 2 is 1.78 bits per heavy atom. The van der Waals surface area contributed by atoms with Crippen LogP contribution in [0.15, 0.2) is 30.3 Å². The van der Waals surface area contributed by atoms with Crippen LogP contribution in [0, 0.1) is 0 Å². The Balaban J connectivity index is 2.68. The molecular weight excluding hydrogens is 263 g/mol. The minimum atomic E-state index is -4.72. The molecule has 0 bridgehead atoms. The second-order valence-electron chi connectivity index (χ2n) is 3.29. The van der Waals surface area contributed by atoms with Crippen LogP contribution in [0.1, 0.15) is 0 Å². The highest BCUT2D eigenvalue weighted by Crippen LogP contribution is 2.45. The predicted octanol–water partition coefficient (Wildman–Crippen LogP) is 0.741. The molecule has 1 atom stereocenters. The summed E-state index contributed by atoms with van der Waals surface area (Å²) >= 11 is 0. The van der Waals surface area contributed by atoms with E-state index in [1.807, 2.05) is 0 Å². The molecule has 0 saturated heterocycles. The van der Waals surface area contributed by atoms with E-state index in [1.54, 1.807) is 18.2 Å². The maximum Gasteiger partial charge on any atom is 0.436 e. The lowest BCUT2D eigenvalue weighted by Crippen LogP contribution is -2.23. The van der Waals surface area contributed by atoms with Gasteiger partial charge in [-0.25, -0.2) is 9.36 Å². The third-order valence-electron chi connectivity index (χ3n) is 1.88. The molecule has 0 aliphatic rings. The van der Waals surface area contributed by atoms with Crippen molar-refractivity contribution in [1.29, 1.82) is 0 Å². The molecule has 7 nitrogen and oxygen atoms in total. The van der Waals surface area contributed by atoms with Gasteiger partial charge in [0.1, 0.15) is 11.9 Å². The van der Waals surface area contributed by atoms with E-state index in [0.717, 1.165) is 0 Å². The number of benzene rings is 1. The zero-order valence-electron chi connectivity index (χ0n) is 9.30. The van der Waals surface area contributed by atoms with Gasteiger partial charge in [0, 0.05) is 0 Å². The van der Waals surface area contributed by atoms with E-state index in [-0.39, 0.29) is 5.75 Å². The number of hydrogen-bond donors (Lipinski definition) is 3. The third-order valence-corrected chi connectivity index (χ3v) is 3.01. The fraction of sp³-hybridized carbons (Fsp3) is 0.300. The lowest BCUT2D eigenvalue weighted by Gasteiger charge is -2.16. The molecule has 100 valence electrons. The molecule has 1 rings (SSSR count). The first-order chi connectivity index (χ1) is 8.49. The number of ether oxygens (including phenoxy) is 1. The second-order valence-corrected chi connectivity index (χ2v) is 4.91. The van der Waals surface area contributed by atoms with E-state index in [0.29, 0.717) is 0 Å². The summed E-state index contributed by atoms with van der Waals surface area (Å²) in [6.07, 6.45) is -1.32. The Morgan fingerprint density at radius 1 is 1.22 bits per heavy atom. The molecule has 1 aromatic rings. The van der Waals surface area contributed by atoms with Crippen molar-refractivity contribution in [3.8, 4) is 5.75 Å². The fourth-order valence-electron chi connectivity index (χ4n) is 1.02. The molecule has 0 saturated carbocycles. The minimum absolute atomic E-state index is 0.0879. The van der Waals surface area contributed by atoms with E-state index in [9.17, 15) is 14.3 Å². The average Bonchev–Trinajstić information content (AvgIpc) is 2.37. The molecule has 3 N–H and O–H groups in total. The molecule has 0 fully saturated rings. The summed E-state index contributed by atoms with van der Waals surface area (Å²) in [4.78, 5) is 20.7. The van der Waals surface area contributed by atoms with E-state index in [4.69, 9.17) is 10.2 Å². The monoisotopic (exact) mass is 276 g/mol. The van der Waals surface area contributed by atoms with Crippen molar-refractivity contribution in [2.75, 3.05) is 13.2 Å². The Bertz CT molecular complexity index is 429. The van der Waals surface area contributed by atoms with Gasteiger partial charge in [-0.15, -0.1) is 0 Å². The van der Waals surface area contributed by atoms with Gasteiger partial charge in [-0.05, 0) is 12.1 Å². The van der Waals surface area contributed by atoms with Crippen LogP contribution in [-0.4, -0.2) is 40.1 Å². The molecule has 0 aliphatic carbocycles. The largest absolute Gasteiger partial charge is 0.436 e. The van der Waals surface area contributed by atoms with Crippen LogP contribution in [0.5, 0.6) is 5.75 Å². The van der Waals surface area contributed by atoms with Crippen molar-refractivity contribution in [1.82, 2.24) is 0 Å². The van der Waals surface area contributed by atoms with Gasteiger partial charge in [0.25, 0.3) is 0 Å². The smallest absolute Gasteiger partial charge is 0.417 e. The molecule has 0 amide bonds. The van der Waals surface area contributed by atoms with Gasteiger partial charge in [-0.2, -0.15) is 0 Å². The molecule has 0 radical (unpaired) electrons. The number of rotatable bonds is 6. The van der Waals surface area contributed by atoms with Gasteiger partial charge >= 0.3 is 13.3 Å². The van der Waals surface area contributed by atoms with Gasteiger partial charge in [0.15, 0.2) is 0 Å². The van der Waals surface area contributed by atoms with Crippen LogP contribution in [-0.2, 0) is 9.09 Å². The van der Waals surface area contributed by atoms with E-state index in [1.165, 1.54) is 12.1 Å². The number of hydrogen-bond acceptors (Lipinski definition) is 6. The molecule has 0 spiro atoms. The van der Waals surface area contributed by atoms with Gasteiger partial charge in [-0.3, -0.25) is 4.52 Å². The topological polar surface area (TPSA) is 113 Å². The summed E-state index contributed by atoms with van der Waals surface area (Å²) in [5.74, 6) is 0.0879. The maximum atomic E-state index is 11.5. The average molecular weight is 276 g/mol. The highest BCUT2D eigenvalue weighted by molar-refractivity contribution is 7.70. The molecular formula is C10H13O7P. The number of aliphatic hydroxyl groups excluding tert-OH is 2. The zero-order valence-corrected chi connectivity index (χ0v) is 10.2. The Morgan fingerprint density at radius 3 is 2.28 bits per heavy atom. The fourth-order valence-corrected chi connectivity index (χ4v) is 1.86. The second kappa shape index (κ2) is 6.63. The van der Waals surface area contributed by atoms with Crippen LogP contribution in [0.2, 0.25) is 0 Å². The van der Waals surface area contributed by atoms with Crippen molar-refractivity contribution in [3.05, 3.63) is 30.3 Å². The van der Waals surface area contributed by atoms with E-state index in [2.05, 4.69) is 9.26 Å². The summed E-state index contributed by atoms with van der Waals surface area (Å²) in [7, 11) is -4.72. The molecule has 0 aliphatic heterocycles. The van der Waals surface area contributed by atoms with Crippen LogP contribution in [0.4, 0.5) is 4.79 Å². The van der Waals surface area contributed by atoms with Crippen molar-refractivity contribution in [2.24, 2.45) is 0 Å². The molecule has 0 heterocycles. The maximum absolute atomic E-state index is 11.5. The highest BCUT2D eigenvalue weighted by Gasteiger charge is 2.36. The normalized spacial score (nSPS) is 14.2. The highest BCUT2D eigenvalue weighted by atomic mass is 31.2. The predicted molar refractivity (Wildman–Crippen MR) is 61.3 cm³/mol. The molecule has 18 heavy (non-hydrogen) atoms. The standard InChI is InChI=1S/C10H13O7P/c11-6-9(7-12)17-18(14,15)10(13)16-8-4-2-1-3-5-8/h1-5,9,11-12H,6-7H2,(H,14,15). The Hall–Kier alpha value is -1.24. The van der Waals surface area contributed by atoms with E-state index >= 15 is 0 Å². The number of para-hydroxylation sites is 1. The summed E-state index contributed by atoms with van der Waals surface area (Å²) < 4.78 is 20.5. The summed E-state index contributed by atoms with van der Waals surface area (Å²) in [5, 5.41) is 17.4. The van der Waals surface area contributed by atoms with Crippen LogP contribution in [0.3, 0.4) is 0 Å². The number of carbonyl (C=O) groups is 1.